The summed E-state index contributed by atoms with van der Waals surface area (Å²) < 4.78 is 25.7. The molecule has 1 aromatic heterocycles. The predicted octanol–water partition coefficient (Wildman–Crippen LogP) is 6.82. The second-order valence-electron chi connectivity index (χ2n) is 6.92. The van der Waals surface area contributed by atoms with Crippen molar-refractivity contribution in [1.29, 1.82) is 0 Å². The number of methoxy groups -OCH3 is 1. The number of fused-ring (bicyclic) bond motifs is 1. The minimum absolute atomic E-state index is 0.00978. The van der Waals surface area contributed by atoms with Crippen LogP contribution in [0, 0.1) is 5.82 Å². The average molecular weight is 483 g/mol. The number of carbonyl (C=O) groups is 2. The molecule has 0 saturated carbocycles. The van der Waals surface area contributed by atoms with Crippen molar-refractivity contribution in [2.45, 2.75) is 0 Å². The number of ether oxygens (including phenoxy) is 2. The number of hydrogen-bond donors (Lipinski definition) is 1. The van der Waals surface area contributed by atoms with E-state index in [0.717, 1.165) is 16.8 Å². The van der Waals surface area contributed by atoms with Crippen LogP contribution in [0.2, 0.25) is 5.02 Å². The zero-order valence-electron chi connectivity index (χ0n) is 17.2. The van der Waals surface area contributed by atoms with Crippen LogP contribution in [0.15, 0.2) is 66.7 Å². The molecular weight excluding hydrogens is 467 g/mol. The van der Waals surface area contributed by atoms with Crippen LogP contribution in [0.1, 0.15) is 20.8 Å². The standard InChI is InChI=1S/C25H16ClFO5S/c1-31-17-8-10-19-21(13-17)33-25(23(30)18-9-5-15(27)12-20(18)26)24(19)32-16-6-2-14(3-7-16)4-11-22(28)29/h2-13H,1H3,(H,28,29)/b11-4+. The summed E-state index contributed by atoms with van der Waals surface area (Å²) in [6, 6.07) is 15.7. The Morgan fingerprint density at radius 2 is 1.76 bits per heavy atom. The molecular formula is C25H16ClFO5S. The molecule has 166 valence electrons. The van der Waals surface area contributed by atoms with Crippen LogP contribution in [0.25, 0.3) is 16.2 Å². The molecule has 0 saturated heterocycles. The van der Waals surface area contributed by atoms with Gasteiger partial charge in [-0.05, 0) is 60.2 Å². The highest BCUT2D eigenvalue weighted by Gasteiger charge is 2.24. The van der Waals surface area contributed by atoms with Gasteiger partial charge in [-0.1, -0.05) is 23.7 Å². The number of ketones is 1. The summed E-state index contributed by atoms with van der Waals surface area (Å²) in [5.74, 6) is -0.543. The first kappa shape index (κ1) is 22.5. The number of carbonyl (C=O) groups excluding carboxylic acids is 1. The fourth-order valence-electron chi connectivity index (χ4n) is 3.16. The molecule has 4 aromatic rings. The molecule has 1 N–H and O–H groups in total. The highest BCUT2D eigenvalue weighted by atomic mass is 35.5. The Bertz CT molecular complexity index is 1390. The van der Waals surface area contributed by atoms with Crippen LogP contribution in [0.4, 0.5) is 4.39 Å². The highest BCUT2D eigenvalue weighted by molar-refractivity contribution is 7.21. The lowest BCUT2D eigenvalue weighted by atomic mass is 10.1. The lowest BCUT2D eigenvalue weighted by Crippen LogP contribution is -2.02. The molecule has 0 radical (unpaired) electrons. The lowest BCUT2D eigenvalue weighted by Gasteiger charge is -2.09. The summed E-state index contributed by atoms with van der Waals surface area (Å²) in [5, 5.41) is 9.48. The van der Waals surface area contributed by atoms with Crippen LogP contribution in [-0.4, -0.2) is 24.0 Å². The number of carboxylic acids is 1. The topological polar surface area (TPSA) is 72.8 Å². The highest BCUT2D eigenvalue weighted by Crippen LogP contribution is 2.43. The number of rotatable bonds is 7. The van der Waals surface area contributed by atoms with Crippen molar-refractivity contribution in [2.75, 3.05) is 7.11 Å². The molecule has 0 aliphatic heterocycles. The predicted molar refractivity (Wildman–Crippen MR) is 126 cm³/mol. The fraction of sp³-hybridized carbons (Fsp3) is 0.0400. The van der Waals surface area contributed by atoms with Crippen LogP contribution in [0.5, 0.6) is 17.2 Å². The van der Waals surface area contributed by atoms with E-state index >= 15 is 0 Å². The number of hydrogen-bond acceptors (Lipinski definition) is 5. The Labute approximate surface area is 197 Å². The van der Waals surface area contributed by atoms with Crippen molar-refractivity contribution in [3.8, 4) is 17.2 Å². The van der Waals surface area contributed by atoms with E-state index in [1.54, 1.807) is 49.6 Å². The maximum absolute atomic E-state index is 13.5. The van der Waals surface area contributed by atoms with Crippen molar-refractivity contribution in [2.24, 2.45) is 0 Å². The van der Waals surface area contributed by atoms with E-state index in [-0.39, 0.29) is 10.6 Å². The first-order valence-electron chi connectivity index (χ1n) is 9.65. The Morgan fingerprint density at radius 1 is 1.03 bits per heavy atom. The maximum atomic E-state index is 13.5. The van der Waals surface area contributed by atoms with E-state index in [0.29, 0.717) is 33.1 Å². The molecule has 0 aliphatic carbocycles. The van der Waals surface area contributed by atoms with Gasteiger partial charge in [-0.25, -0.2) is 9.18 Å². The smallest absolute Gasteiger partial charge is 0.328 e. The van der Waals surface area contributed by atoms with Crippen molar-refractivity contribution in [3.63, 3.8) is 0 Å². The van der Waals surface area contributed by atoms with Crippen LogP contribution in [0.3, 0.4) is 0 Å². The molecule has 0 bridgehead atoms. The molecule has 5 nitrogen and oxygen atoms in total. The van der Waals surface area contributed by atoms with Crippen LogP contribution in [-0.2, 0) is 4.79 Å². The third-order valence-electron chi connectivity index (χ3n) is 4.75. The van der Waals surface area contributed by atoms with Gasteiger partial charge in [0.25, 0.3) is 0 Å². The molecule has 0 spiro atoms. The van der Waals surface area contributed by atoms with Crippen molar-refractivity contribution >= 4 is 50.9 Å². The van der Waals surface area contributed by atoms with Gasteiger partial charge in [0.15, 0.2) is 5.75 Å². The Balaban J connectivity index is 1.77. The van der Waals surface area contributed by atoms with Crippen LogP contribution >= 0.6 is 22.9 Å². The van der Waals surface area contributed by atoms with Crippen LogP contribution < -0.4 is 9.47 Å². The van der Waals surface area contributed by atoms with Gasteiger partial charge >= 0.3 is 5.97 Å². The number of halogens is 2. The Morgan fingerprint density at radius 3 is 2.42 bits per heavy atom. The van der Waals surface area contributed by atoms with Gasteiger partial charge < -0.3 is 14.6 Å². The molecule has 8 heteroatoms. The van der Waals surface area contributed by atoms with Crippen molar-refractivity contribution < 1.29 is 28.6 Å². The monoisotopic (exact) mass is 482 g/mol. The number of aliphatic carboxylic acids is 1. The van der Waals surface area contributed by atoms with Gasteiger partial charge in [-0.15, -0.1) is 11.3 Å². The molecule has 0 aliphatic rings. The maximum Gasteiger partial charge on any atom is 0.328 e. The van der Waals surface area contributed by atoms with E-state index in [1.807, 2.05) is 0 Å². The Kier molecular flexibility index (Phi) is 6.44. The van der Waals surface area contributed by atoms with Crippen molar-refractivity contribution in [3.05, 3.63) is 93.6 Å². The van der Waals surface area contributed by atoms with Gasteiger partial charge in [0.1, 0.15) is 22.2 Å². The minimum atomic E-state index is -1.04. The quantitative estimate of drug-likeness (QED) is 0.231. The summed E-state index contributed by atoms with van der Waals surface area (Å²) >= 11 is 7.36. The molecule has 3 aromatic carbocycles. The summed E-state index contributed by atoms with van der Waals surface area (Å²) in [5.41, 5.74) is 0.842. The number of carboxylic acid groups (broad SMARTS) is 1. The first-order chi connectivity index (χ1) is 15.9. The van der Waals surface area contributed by atoms with Gasteiger partial charge in [0.2, 0.25) is 5.78 Å². The molecule has 0 unspecified atom stereocenters. The molecule has 1 heterocycles. The lowest BCUT2D eigenvalue weighted by molar-refractivity contribution is -0.131. The van der Waals surface area contributed by atoms with E-state index in [9.17, 15) is 14.0 Å². The van der Waals surface area contributed by atoms with Gasteiger partial charge in [0.05, 0.1) is 12.1 Å². The van der Waals surface area contributed by atoms with E-state index in [2.05, 4.69) is 0 Å². The van der Waals surface area contributed by atoms with Gasteiger partial charge in [-0.3, -0.25) is 4.79 Å². The van der Waals surface area contributed by atoms with Gasteiger partial charge in [-0.2, -0.15) is 0 Å². The number of thiophene rings is 1. The summed E-state index contributed by atoms with van der Waals surface area (Å²) in [6.07, 6.45) is 2.50. The average Bonchev–Trinajstić information content (AvgIpc) is 3.15. The zero-order valence-corrected chi connectivity index (χ0v) is 18.7. The number of benzene rings is 3. The molecule has 0 amide bonds. The largest absolute Gasteiger partial charge is 0.497 e. The second-order valence-corrected chi connectivity index (χ2v) is 8.38. The van der Waals surface area contributed by atoms with E-state index in [4.69, 9.17) is 26.2 Å². The summed E-state index contributed by atoms with van der Waals surface area (Å²) in [4.78, 5) is 24.4. The zero-order chi connectivity index (χ0) is 23.5. The normalized spacial score (nSPS) is 11.1. The molecule has 4 rings (SSSR count). The first-order valence-corrected chi connectivity index (χ1v) is 10.8. The van der Waals surface area contributed by atoms with Gasteiger partial charge in [0, 0.05) is 21.7 Å². The fourth-order valence-corrected chi connectivity index (χ4v) is 4.53. The summed E-state index contributed by atoms with van der Waals surface area (Å²) in [6.45, 7) is 0. The molecule has 33 heavy (non-hydrogen) atoms. The van der Waals surface area contributed by atoms with Crippen molar-refractivity contribution in [1.82, 2.24) is 0 Å². The van der Waals surface area contributed by atoms with E-state index < -0.39 is 17.6 Å². The minimum Gasteiger partial charge on any atom is -0.497 e. The SMILES string of the molecule is COc1ccc2c(Oc3ccc(/C=C/C(=O)O)cc3)c(C(=O)c3ccc(F)cc3Cl)sc2c1. The summed E-state index contributed by atoms with van der Waals surface area (Å²) in [7, 11) is 1.55. The molecule has 0 atom stereocenters. The van der Waals surface area contributed by atoms with E-state index in [1.165, 1.54) is 29.5 Å². The molecule has 0 fully saturated rings. The Hall–Kier alpha value is -3.68. The second kappa shape index (κ2) is 9.44. The third kappa shape index (κ3) is 4.89. The third-order valence-corrected chi connectivity index (χ3v) is 6.20.